The normalized spacial score (nSPS) is 21.1. The summed E-state index contributed by atoms with van der Waals surface area (Å²) in [6.07, 6.45) is 12.1. The molecule has 4 aliphatic rings. The van der Waals surface area contributed by atoms with Gasteiger partial charge in [-0.3, -0.25) is 48.0 Å². The molecular weight excluding hydrogens is 907 g/mol. The number of amides is 3. The number of piperidine rings is 2. The van der Waals surface area contributed by atoms with E-state index in [1.54, 1.807) is 53.6 Å². The minimum absolute atomic E-state index is 0.00797. The number of carbonyl (C=O) groups excluding carboxylic acids is 3. The van der Waals surface area contributed by atoms with Crippen molar-refractivity contribution in [3.63, 3.8) is 0 Å². The molecule has 7 heterocycles. The number of imidazole rings is 1. The van der Waals surface area contributed by atoms with Crippen LogP contribution in [0.25, 0.3) is 33.3 Å². The van der Waals surface area contributed by atoms with E-state index in [9.17, 15) is 24.0 Å². The van der Waals surface area contributed by atoms with Crippen molar-refractivity contribution in [1.29, 1.82) is 0 Å². The summed E-state index contributed by atoms with van der Waals surface area (Å²) in [5.41, 5.74) is 5.84. The Morgan fingerprint density at radius 2 is 1.59 bits per heavy atom. The number of nitrogens with zero attached hydrogens (tertiary/aromatic N) is 8. The van der Waals surface area contributed by atoms with Crippen LogP contribution >= 0.6 is 0 Å². The summed E-state index contributed by atoms with van der Waals surface area (Å²) in [5, 5.41) is 6.21. The molecule has 3 fully saturated rings. The third-order valence-electron chi connectivity index (χ3n) is 16.2. The largest absolute Gasteiger partial charge is 0.388 e. The Hall–Kier alpha value is -6.72. The molecule has 6 aromatic rings. The van der Waals surface area contributed by atoms with Crippen molar-refractivity contribution in [3.8, 4) is 5.69 Å². The van der Waals surface area contributed by atoms with E-state index >= 15 is 8.78 Å². The summed E-state index contributed by atoms with van der Waals surface area (Å²) >= 11 is 0. The Balaban J connectivity index is 0.721. The predicted molar refractivity (Wildman–Crippen MR) is 269 cm³/mol. The fourth-order valence-corrected chi connectivity index (χ4v) is 12.0. The van der Waals surface area contributed by atoms with E-state index in [1.165, 1.54) is 16.7 Å². The van der Waals surface area contributed by atoms with Crippen molar-refractivity contribution in [3.05, 3.63) is 128 Å². The van der Waals surface area contributed by atoms with Crippen LogP contribution in [-0.4, -0.2) is 102 Å². The second-order valence-corrected chi connectivity index (χ2v) is 20.1. The standard InChI is InChI=1S/C54H62F2N10O5/c1-32(46-30-40-43(14-20-58-51(40)61(46)4)65-25-19-38(57-2)29-49(65)68)64-23-17-36(18-24-64)50-41(55)27-37(28-42(50)56)53(70)60(3)39-9-7-34(8-10-39)35-15-21-63(22-16-35)31-33-6-11-44-47(26-33)62(5)54(71)66(44)45-12-13-48(67)59-52(45)69/h6,11,14,17,19-20,25-30,32,34-35,39,45,57H,7-10,12-13,15-16,18,21-24,31H2,1-5H3,(H,59,67,69)/t32-,34?,39?,45?/m0/s1. The molecule has 15 nitrogen and oxygen atoms in total. The molecule has 3 aliphatic heterocycles. The summed E-state index contributed by atoms with van der Waals surface area (Å²) < 4.78 is 38.6. The first kappa shape index (κ1) is 47.9. The van der Waals surface area contributed by atoms with Crippen molar-refractivity contribution in [1.82, 2.24) is 43.3 Å². The molecule has 2 atom stereocenters. The minimum atomic E-state index is -0.732. The highest BCUT2D eigenvalue weighted by Gasteiger charge is 2.35. The molecule has 71 heavy (non-hydrogen) atoms. The van der Waals surface area contributed by atoms with Gasteiger partial charge in [-0.15, -0.1) is 0 Å². The van der Waals surface area contributed by atoms with Gasteiger partial charge in [0.1, 0.15) is 23.3 Å². The molecule has 372 valence electrons. The summed E-state index contributed by atoms with van der Waals surface area (Å²) in [5.74, 6) is -1.45. The Morgan fingerprint density at radius 1 is 0.859 bits per heavy atom. The number of hydrogen-bond donors (Lipinski definition) is 2. The number of likely N-dealkylation sites (tertiary alicyclic amines) is 1. The van der Waals surface area contributed by atoms with E-state index in [1.807, 2.05) is 48.0 Å². The van der Waals surface area contributed by atoms with Gasteiger partial charge in [0, 0.05) is 113 Å². The van der Waals surface area contributed by atoms with E-state index in [0.29, 0.717) is 48.9 Å². The molecule has 1 aliphatic carbocycles. The number of fused-ring (bicyclic) bond motifs is 2. The number of carbonyl (C=O) groups is 3. The predicted octanol–water partition coefficient (Wildman–Crippen LogP) is 7.07. The number of nitrogens with one attached hydrogen (secondary N) is 2. The highest BCUT2D eigenvalue weighted by molar-refractivity contribution is 6.00. The van der Waals surface area contributed by atoms with E-state index in [4.69, 9.17) is 0 Å². The molecule has 1 saturated carbocycles. The van der Waals surface area contributed by atoms with E-state index in [0.717, 1.165) is 97.3 Å². The van der Waals surface area contributed by atoms with Gasteiger partial charge in [0.2, 0.25) is 11.8 Å². The quantitative estimate of drug-likeness (QED) is 0.130. The van der Waals surface area contributed by atoms with Gasteiger partial charge in [0.05, 0.1) is 16.7 Å². The Morgan fingerprint density at radius 3 is 2.27 bits per heavy atom. The van der Waals surface area contributed by atoms with E-state index < -0.39 is 23.6 Å². The van der Waals surface area contributed by atoms with Crippen LogP contribution < -0.4 is 21.9 Å². The summed E-state index contributed by atoms with van der Waals surface area (Å²) in [6, 6.07) is 14.9. The molecule has 4 aromatic heterocycles. The van der Waals surface area contributed by atoms with Crippen LogP contribution in [0.5, 0.6) is 0 Å². The fourth-order valence-electron chi connectivity index (χ4n) is 12.0. The molecule has 0 radical (unpaired) electrons. The number of benzene rings is 2. The zero-order valence-electron chi connectivity index (χ0n) is 41.1. The van der Waals surface area contributed by atoms with Gasteiger partial charge < -0.3 is 14.8 Å². The number of anilines is 1. The van der Waals surface area contributed by atoms with Crippen molar-refractivity contribution >= 4 is 51.0 Å². The second-order valence-electron chi connectivity index (χ2n) is 20.1. The second kappa shape index (κ2) is 19.5. The van der Waals surface area contributed by atoms with Crippen LogP contribution in [0.3, 0.4) is 0 Å². The number of aryl methyl sites for hydroxylation is 2. The summed E-state index contributed by atoms with van der Waals surface area (Å²) in [7, 11) is 7.20. The molecule has 0 spiro atoms. The van der Waals surface area contributed by atoms with E-state index in [2.05, 4.69) is 38.4 Å². The molecular formula is C54H62F2N10O5. The van der Waals surface area contributed by atoms with Gasteiger partial charge in [-0.25, -0.2) is 18.6 Å². The highest BCUT2D eigenvalue weighted by atomic mass is 19.1. The maximum Gasteiger partial charge on any atom is 0.329 e. The number of rotatable bonds is 11. The maximum absolute atomic E-state index is 15.9. The van der Waals surface area contributed by atoms with Crippen LogP contribution in [0.15, 0.2) is 82.7 Å². The van der Waals surface area contributed by atoms with Crippen LogP contribution in [-0.2, 0) is 30.2 Å². The number of pyridine rings is 2. The monoisotopic (exact) mass is 968 g/mol. The lowest BCUT2D eigenvalue weighted by Gasteiger charge is -2.41. The van der Waals surface area contributed by atoms with Crippen molar-refractivity contribution in [2.45, 2.75) is 89.4 Å². The maximum atomic E-state index is 15.9. The Kier molecular flexibility index (Phi) is 13.1. The molecule has 1 unspecified atom stereocenters. The molecule has 10 rings (SSSR count). The van der Waals surface area contributed by atoms with Crippen LogP contribution in [0, 0.1) is 23.5 Å². The molecule has 0 bridgehead atoms. The van der Waals surface area contributed by atoms with Gasteiger partial charge >= 0.3 is 5.69 Å². The van der Waals surface area contributed by atoms with Gasteiger partial charge in [-0.05, 0) is 137 Å². The highest BCUT2D eigenvalue weighted by Crippen LogP contribution is 2.39. The number of hydrogen-bond acceptors (Lipinski definition) is 9. The number of halogens is 2. The molecule has 3 amide bonds. The fraction of sp³-hybridized carbons (Fsp3) is 0.444. The molecule has 2 saturated heterocycles. The van der Waals surface area contributed by atoms with Gasteiger partial charge in [-0.2, -0.15) is 0 Å². The zero-order valence-corrected chi connectivity index (χ0v) is 41.1. The van der Waals surface area contributed by atoms with Crippen LogP contribution in [0.4, 0.5) is 14.5 Å². The summed E-state index contributed by atoms with van der Waals surface area (Å²) in [4.78, 5) is 75.4. The van der Waals surface area contributed by atoms with Crippen LogP contribution in [0.1, 0.15) is 104 Å². The minimum Gasteiger partial charge on any atom is -0.388 e. The zero-order chi connectivity index (χ0) is 49.8. The van der Waals surface area contributed by atoms with Gasteiger partial charge in [0.15, 0.2) is 0 Å². The number of aromatic nitrogens is 5. The molecule has 2 N–H and O–H groups in total. The first-order valence-corrected chi connectivity index (χ1v) is 25.0. The third kappa shape index (κ3) is 9.02. The lowest BCUT2D eigenvalue weighted by Crippen LogP contribution is -2.44. The average Bonchev–Trinajstić information content (AvgIpc) is 3.84. The SMILES string of the molecule is CNc1ccn(-c2ccnc3c2cc([C@H](C)N2CC=C(c4c(F)cc(C(=O)N(C)C5CCC(C6CCN(Cc7ccc8c(c7)n(C)c(=O)n8C7CCC(=O)NC7=O)CC6)CC5)cc4F)CC2)n3C)c(=O)c1. The van der Waals surface area contributed by atoms with Gasteiger partial charge in [-0.1, -0.05) is 12.1 Å². The molecule has 2 aromatic carbocycles. The van der Waals surface area contributed by atoms with Crippen molar-refractivity contribution < 1.29 is 23.2 Å². The van der Waals surface area contributed by atoms with E-state index in [-0.39, 0.29) is 52.7 Å². The topological polar surface area (TPSA) is 152 Å². The first-order valence-electron chi connectivity index (χ1n) is 25.0. The van der Waals surface area contributed by atoms with Gasteiger partial charge in [0.25, 0.3) is 11.5 Å². The van der Waals surface area contributed by atoms with Crippen molar-refractivity contribution in [2.24, 2.45) is 25.9 Å². The van der Waals surface area contributed by atoms with Crippen LogP contribution in [0.2, 0.25) is 0 Å². The smallest absolute Gasteiger partial charge is 0.329 e. The third-order valence-corrected chi connectivity index (χ3v) is 16.2. The summed E-state index contributed by atoms with van der Waals surface area (Å²) in [6.45, 7) is 5.81. The Bertz CT molecular complexity index is 3200. The first-order chi connectivity index (χ1) is 34.2. The number of imide groups is 1. The lowest BCUT2D eigenvalue weighted by atomic mass is 9.74. The average molecular weight is 969 g/mol. The Labute approximate surface area is 410 Å². The lowest BCUT2D eigenvalue weighted by molar-refractivity contribution is -0.135. The van der Waals surface area contributed by atoms with Crippen molar-refractivity contribution in [2.75, 3.05) is 45.6 Å². The molecule has 17 heteroatoms.